The molecular weight excluding hydrogens is 558 g/mol. The molecule has 46 heavy (non-hydrogen) atoms. The van der Waals surface area contributed by atoms with Crippen molar-refractivity contribution in [1.29, 1.82) is 0 Å². The van der Waals surface area contributed by atoms with E-state index in [0.29, 0.717) is 17.5 Å². The Hall–Kier alpha value is -5.41. The van der Waals surface area contributed by atoms with Crippen molar-refractivity contribution in [2.75, 3.05) is 0 Å². The minimum absolute atomic E-state index is 0.0554. The molecule has 0 fully saturated rings. The molecule has 0 saturated heterocycles. The molecule has 6 aromatic carbocycles. The quantitative estimate of drug-likeness (QED) is 0.204. The lowest BCUT2D eigenvalue weighted by molar-refractivity contribution is 0.299. The van der Waals surface area contributed by atoms with E-state index in [1.54, 1.807) is 0 Å². The summed E-state index contributed by atoms with van der Waals surface area (Å²) in [5.41, 5.74) is 10.5. The zero-order valence-electron chi connectivity index (χ0n) is 26.6. The molecule has 1 aliphatic carbocycles. The summed E-state index contributed by atoms with van der Waals surface area (Å²) in [6, 6.07) is 49.4. The molecule has 0 aliphatic heterocycles. The lowest BCUT2D eigenvalue weighted by Gasteiger charge is -2.48. The fourth-order valence-electron chi connectivity index (χ4n) is 6.92. The average Bonchev–Trinajstić information content (AvgIpc) is 3.11. The van der Waals surface area contributed by atoms with Gasteiger partial charge in [-0.15, -0.1) is 0 Å². The van der Waals surface area contributed by atoms with E-state index >= 15 is 0 Å². The SMILES string of the molecule is CC1(C)c2ccccc2-c2ccc(-c3nc(-c4ccccc4)nc(-c4ccc5cc(-c6ccccc6)ccc5c4)n3)cc2C1(C)C. The molecule has 0 unspecified atom stereocenters. The molecule has 7 aromatic rings. The summed E-state index contributed by atoms with van der Waals surface area (Å²) in [6.07, 6.45) is 0. The Morgan fingerprint density at radius 1 is 0.348 bits per heavy atom. The minimum atomic E-state index is -0.109. The van der Waals surface area contributed by atoms with E-state index < -0.39 is 0 Å². The van der Waals surface area contributed by atoms with Gasteiger partial charge in [0, 0.05) is 16.7 Å². The van der Waals surface area contributed by atoms with E-state index in [2.05, 4.69) is 143 Å². The van der Waals surface area contributed by atoms with E-state index in [9.17, 15) is 0 Å². The number of fused-ring (bicyclic) bond motifs is 4. The molecule has 0 amide bonds. The third-order valence-electron chi connectivity index (χ3n) is 10.3. The molecule has 0 saturated carbocycles. The van der Waals surface area contributed by atoms with Gasteiger partial charge in [0.2, 0.25) is 0 Å². The molecule has 0 N–H and O–H groups in total. The van der Waals surface area contributed by atoms with Crippen LogP contribution < -0.4 is 0 Å². The number of hydrogen-bond acceptors (Lipinski definition) is 3. The van der Waals surface area contributed by atoms with Crippen LogP contribution in [0.2, 0.25) is 0 Å². The first-order valence-corrected chi connectivity index (χ1v) is 16.0. The van der Waals surface area contributed by atoms with Crippen molar-refractivity contribution in [3.8, 4) is 56.4 Å². The van der Waals surface area contributed by atoms with Gasteiger partial charge in [-0.05, 0) is 73.2 Å². The van der Waals surface area contributed by atoms with Crippen molar-refractivity contribution >= 4 is 10.8 Å². The Kier molecular flexibility index (Phi) is 6.47. The predicted molar refractivity (Wildman–Crippen MR) is 191 cm³/mol. The second-order valence-electron chi connectivity index (χ2n) is 13.4. The molecule has 0 radical (unpaired) electrons. The second-order valence-corrected chi connectivity index (χ2v) is 13.4. The molecule has 8 rings (SSSR count). The summed E-state index contributed by atoms with van der Waals surface area (Å²) in [5.74, 6) is 2.02. The van der Waals surface area contributed by atoms with Crippen LogP contribution in [0.4, 0.5) is 0 Å². The van der Waals surface area contributed by atoms with Crippen molar-refractivity contribution in [2.24, 2.45) is 0 Å². The topological polar surface area (TPSA) is 38.7 Å². The van der Waals surface area contributed by atoms with E-state index in [4.69, 9.17) is 15.0 Å². The van der Waals surface area contributed by atoms with E-state index in [0.717, 1.165) is 22.1 Å². The molecule has 3 heteroatoms. The molecular formula is C43H35N3. The summed E-state index contributed by atoms with van der Waals surface area (Å²) in [5, 5.41) is 2.33. The number of hydrogen-bond donors (Lipinski definition) is 0. The summed E-state index contributed by atoms with van der Waals surface area (Å²) in [4.78, 5) is 15.2. The van der Waals surface area contributed by atoms with Crippen molar-refractivity contribution < 1.29 is 0 Å². The fourth-order valence-corrected chi connectivity index (χ4v) is 6.92. The third-order valence-corrected chi connectivity index (χ3v) is 10.3. The van der Waals surface area contributed by atoms with Crippen LogP contribution in [0, 0.1) is 0 Å². The van der Waals surface area contributed by atoms with Gasteiger partial charge in [0.1, 0.15) is 0 Å². The summed E-state index contributed by atoms with van der Waals surface area (Å²) in [6.45, 7) is 9.44. The Morgan fingerprint density at radius 2 is 0.804 bits per heavy atom. The number of rotatable bonds is 4. The summed E-state index contributed by atoms with van der Waals surface area (Å²) < 4.78 is 0. The zero-order chi connectivity index (χ0) is 31.5. The molecule has 1 aliphatic rings. The molecule has 0 spiro atoms. The maximum Gasteiger partial charge on any atom is 0.164 e. The largest absolute Gasteiger partial charge is 0.208 e. The Bertz CT molecular complexity index is 2250. The second kappa shape index (κ2) is 10.6. The lowest BCUT2D eigenvalue weighted by atomic mass is 9.55. The highest BCUT2D eigenvalue weighted by molar-refractivity contribution is 5.90. The van der Waals surface area contributed by atoms with E-state index in [-0.39, 0.29) is 10.8 Å². The maximum absolute atomic E-state index is 5.13. The van der Waals surface area contributed by atoms with Crippen molar-refractivity contribution in [2.45, 2.75) is 38.5 Å². The van der Waals surface area contributed by atoms with Gasteiger partial charge in [0.15, 0.2) is 17.5 Å². The third kappa shape index (κ3) is 4.54. The summed E-state index contributed by atoms with van der Waals surface area (Å²) >= 11 is 0. The van der Waals surface area contributed by atoms with Crippen LogP contribution in [-0.4, -0.2) is 15.0 Å². The highest BCUT2D eigenvalue weighted by Gasteiger charge is 2.45. The smallest absolute Gasteiger partial charge is 0.164 e. The fraction of sp³-hybridized carbons (Fsp3) is 0.140. The van der Waals surface area contributed by atoms with Crippen molar-refractivity contribution in [3.05, 3.63) is 151 Å². The molecule has 222 valence electrons. The highest BCUT2D eigenvalue weighted by atomic mass is 15.0. The molecule has 0 bridgehead atoms. The van der Waals surface area contributed by atoms with Crippen LogP contribution in [0.25, 0.3) is 67.2 Å². The first-order chi connectivity index (χ1) is 22.3. The number of nitrogens with zero attached hydrogens (tertiary/aromatic N) is 3. The van der Waals surface area contributed by atoms with Crippen molar-refractivity contribution in [1.82, 2.24) is 15.0 Å². The zero-order valence-corrected chi connectivity index (χ0v) is 26.6. The number of benzene rings is 6. The monoisotopic (exact) mass is 593 g/mol. The highest BCUT2D eigenvalue weighted by Crippen LogP contribution is 2.54. The van der Waals surface area contributed by atoms with Gasteiger partial charge in [-0.3, -0.25) is 0 Å². The van der Waals surface area contributed by atoms with Gasteiger partial charge in [-0.25, -0.2) is 15.0 Å². The van der Waals surface area contributed by atoms with Gasteiger partial charge in [-0.2, -0.15) is 0 Å². The van der Waals surface area contributed by atoms with E-state index in [1.165, 1.54) is 38.8 Å². The van der Waals surface area contributed by atoms with Gasteiger partial charge in [-0.1, -0.05) is 149 Å². The Balaban J connectivity index is 1.27. The molecule has 0 atom stereocenters. The van der Waals surface area contributed by atoms with Crippen LogP contribution >= 0.6 is 0 Å². The first kappa shape index (κ1) is 28.1. The Morgan fingerprint density at radius 3 is 1.48 bits per heavy atom. The van der Waals surface area contributed by atoms with Crippen LogP contribution in [-0.2, 0) is 10.8 Å². The van der Waals surface area contributed by atoms with Gasteiger partial charge < -0.3 is 0 Å². The van der Waals surface area contributed by atoms with Crippen LogP contribution in [0.3, 0.4) is 0 Å². The normalized spacial score (nSPS) is 14.4. The number of aromatic nitrogens is 3. The Labute approximate surface area is 270 Å². The molecule has 1 heterocycles. The van der Waals surface area contributed by atoms with Crippen LogP contribution in [0.15, 0.2) is 140 Å². The van der Waals surface area contributed by atoms with Crippen molar-refractivity contribution in [3.63, 3.8) is 0 Å². The lowest BCUT2D eigenvalue weighted by Crippen LogP contribution is -2.43. The standard InChI is InChI=1S/C43H35N3/c1-42(2)37-18-12-11-17-35(37)36-24-23-34(27-38(36)43(42,3)4)41-45-39(29-15-9-6-10-16-29)44-40(46-41)33-22-21-31-25-30(19-20-32(31)26-33)28-13-7-5-8-14-28/h5-27H,1-4H3. The summed E-state index contributed by atoms with van der Waals surface area (Å²) in [7, 11) is 0. The molecule has 3 nitrogen and oxygen atoms in total. The van der Waals surface area contributed by atoms with Crippen LogP contribution in [0.5, 0.6) is 0 Å². The van der Waals surface area contributed by atoms with Gasteiger partial charge >= 0.3 is 0 Å². The van der Waals surface area contributed by atoms with Gasteiger partial charge in [0.05, 0.1) is 0 Å². The van der Waals surface area contributed by atoms with E-state index in [1.807, 2.05) is 24.3 Å². The first-order valence-electron chi connectivity index (χ1n) is 16.0. The maximum atomic E-state index is 5.13. The van der Waals surface area contributed by atoms with Gasteiger partial charge in [0.25, 0.3) is 0 Å². The molecule has 1 aromatic heterocycles. The minimum Gasteiger partial charge on any atom is -0.208 e. The predicted octanol–water partition coefficient (Wildman–Crippen LogP) is 10.9. The average molecular weight is 594 g/mol. The van der Waals surface area contributed by atoms with Crippen LogP contribution in [0.1, 0.15) is 38.8 Å².